The predicted molar refractivity (Wildman–Crippen MR) is 54.9 cm³/mol. The van der Waals surface area contributed by atoms with Crippen molar-refractivity contribution in [3.8, 4) is 0 Å². The van der Waals surface area contributed by atoms with Crippen molar-refractivity contribution in [2.75, 3.05) is 0 Å². The molecule has 1 aliphatic carbocycles. The summed E-state index contributed by atoms with van der Waals surface area (Å²) in [6.45, 7) is 2.17. The van der Waals surface area contributed by atoms with Crippen LogP contribution in [0.25, 0.3) is 0 Å². The lowest BCUT2D eigenvalue weighted by Gasteiger charge is -2.16. The van der Waals surface area contributed by atoms with Gasteiger partial charge in [-0.15, -0.1) is 0 Å². The monoisotopic (exact) mass is 194 g/mol. The Hall–Kier alpha value is -0.830. The van der Waals surface area contributed by atoms with E-state index in [9.17, 15) is 5.11 Å². The third-order valence-electron chi connectivity index (χ3n) is 3.44. The van der Waals surface area contributed by atoms with Crippen LogP contribution in [0.3, 0.4) is 0 Å². The number of hydrogen-bond donors (Lipinski definition) is 1. The van der Waals surface area contributed by atoms with Crippen molar-refractivity contribution in [2.24, 2.45) is 12.5 Å². The Kier molecular flexibility index (Phi) is 2.35. The zero-order chi connectivity index (χ0) is 10.2. The molecule has 0 aromatic carbocycles. The molecule has 78 valence electrons. The van der Waals surface area contributed by atoms with Gasteiger partial charge in [0.2, 0.25) is 0 Å². The summed E-state index contributed by atoms with van der Waals surface area (Å²) in [5.74, 6) is 0. The number of rotatable bonds is 4. The molecule has 2 rings (SSSR count). The highest BCUT2D eigenvalue weighted by molar-refractivity contribution is 5.02. The Bertz CT molecular complexity index is 315. The molecule has 0 aliphatic heterocycles. The van der Waals surface area contributed by atoms with Crippen LogP contribution in [0.5, 0.6) is 0 Å². The molecule has 0 spiro atoms. The van der Waals surface area contributed by atoms with Crippen LogP contribution in [0.1, 0.15) is 31.9 Å². The molecular formula is C11H18N2O. The fourth-order valence-corrected chi connectivity index (χ4v) is 1.81. The number of aromatic nitrogens is 2. The van der Waals surface area contributed by atoms with E-state index in [2.05, 4.69) is 12.0 Å². The number of hydrogen-bond acceptors (Lipinski definition) is 2. The lowest BCUT2D eigenvalue weighted by molar-refractivity contribution is 0.0940. The molecule has 1 aromatic rings. The average molecular weight is 194 g/mol. The van der Waals surface area contributed by atoms with E-state index in [1.807, 2.05) is 17.8 Å². The van der Waals surface area contributed by atoms with E-state index in [0.717, 1.165) is 12.8 Å². The minimum absolute atomic E-state index is 0.141. The predicted octanol–water partition coefficient (Wildman–Crippen LogP) is 1.51. The van der Waals surface area contributed by atoms with Crippen molar-refractivity contribution < 1.29 is 5.11 Å². The number of aryl methyl sites for hydroxylation is 2. The van der Waals surface area contributed by atoms with Gasteiger partial charge in [-0.2, -0.15) is 5.10 Å². The van der Waals surface area contributed by atoms with Crippen molar-refractivity contribution in [1.29, 1.82) is 0 Å². The topological polar surface area (TPSA) is 38.0 Å². The summed E-state index contributed by atoms with van der Waals surface area (Å²) >= 11 is 0. The highest BCUT2D eigenvalue weighted by Crippen LogP contribution is 2.49. The lowest BCUT2D eigenvalue weighted by Crippen LogP contribution is -2.19. The molecule has 0 saturated heterocycles. The van der Waals surface area contributed by atoms with Gasteiger partial charge in [-0.3, -0.25) is 4.68 Å². The van der Waals surface area contributed by atoms with Crippen LogP contribution in [-0.2, 0) is 13.5 Å². The van der Waals surface area contributed by atoms with E-state index in [4.69, 9.17) is 0 Å². The molecule has 1 unspecified atom stereocenters. The minimum atomic E-state index is -0.141. The summed E-state index contributed by atoms with van der Waals surface area (Å²) < 4.78 is 1.88. The van der Waals surface area contributed by atoms with Gasteiger partial charge >= 0.3 is 0 Å². The molecular weight excluding hydrogens is 176 g/mol. The van der Waals surface area contributed by atoms with Crippen LogP contribution in [0.2, 0.25) is 0 Å². The second-order valence-corrected chi connectivity index (χ2v) is 4.65. The van der Waals surface area contributed by atoms with Crippen molar-refractivity contribution in [2.45, 2.75) is 38.7 Å². The van der Waals surface area contributed by atoms with E-state index in [-0.39, 0.29) is 11.5 Å². The van der Waals surface area contributed by atoms with Crippen molar-refractivity contribution >= 4 is 0 Å². The lowest BCUT2D eigenvalue weighted by atomic mass is 9.97. The molecule has 1 aromatic heterocycles. The van der Waals surface area contributed by atoms with E-state index in [1.165, 1.54) is 18.5 Å². The van der Waals surface area contributed by atoms with Gasteiger partial charge in [-0.25, -0.2) is 0 Å². The summed E-state index contributed by atoms with van der Waals surface area (Å²) in [6.07, 6.45) is 5.81. The first-order chi connectivity index (χ1) is 6.62. The molecule has 1 N–H and O–H groups in total. The molecule has 1 atom stereocenters. The summed E-state index contributed by atoms with van der Waals surface area (Å²) in [4.78, 5) is 0. The molecule has 14 heavy (non-hydrogen) atoms. The van der Waals surface area contributed by atoms with Crippen LogP contribution in [-0.4, -0.2) is 21.0 Å². The maximum Gasteiger partial charge on any atom is 0.0597 e. The standard InChI is InChI=1S/C11H18N2O/c1-11(6-7-11)10(14)4-3-9-5-8-12-13(9)2/h5,8,10,14H,3-4,6-7H2,1-2H3. The fourth-order valence-electron chi connectivity index (χ4n) is 1.81. The Balaban J connectivity index is 1.85. The van der Waals surface area contributed by atoms with E-state index in [1.54, 1.807) is 6.20 Å². The summed E-state index contributed by atoms with van der Waals surface area (Å²) in [5.41, 5.74) is 1.42. The van der Waals surface area contributed by atoms with Gasteiger partial charge in [-0.1, -0.05) is 6.92 Å². The van der Waals surface area contributed by atoms with Crippen molar-refractivity contribution in [1.82, 2.24) is 9.78 Å². The van der Waals surface area contributed by atoms with Crippen molar-refractivity contribution in [3.05, 3.63) is 18.0 Å². The third kappa shape index (κ3) is 1.82. The van der Waals surface area contributed by atoms with Gasteiger partial charge in [-0.05, 0) is 37.2 Å². The maximum atomic E-state index is 9.91. The summed E-state index contributed by atoms with van der Waals surface area (Å²) in [7, 11) is 1.94. The Morgan fingerprint density at radius 2 is 2.36 bits per heavy atom. The summed E-state index contributed by atoms with van der Waals surface area (Å²) in [5, 5.41) is 14.0. The largest absolute Gasteiger partial charge is 0.393 e. The number of aliphatic hydroxyl groups is 1. The van der Waals surface area contributed by atoms with E-state index >= 15 is 0 Å². The first-order valence-corrected chi connectivity index (χ1v) is 5.27. The molecule has 1 fully saturated rings. The number of nitrogens with zero attached hydrogens (tertiary/aromatic N) is 2. The molecule has 0 radical (unpaired) electrons. The quantitative estimate of drug-likeness (QED) is 0.789. The second kappa shape index (κ2) is 3.39. The second-order valence-electron chi connectivity index (χ2n) is 4.65. The third-order valence-corrected chi connectivity index (χ3v) is 3.44. The first-order valence-electron chi connectivity index (χ1n) is 5.27. The molecule has 1 heterocycles. The average Bonchev–Trinajstić information content (AvgIpc) is 2.77. The molecule has 1 aliphatic rings. The Morgan fingerprint density at radius 1 is 1.64 bits per heavy atom. The van der Waals surface area contributed by atoms with Gasteiger partial charge in [0.25, 0.3) is 0 Å². The first kappa shape index (κ1) is 9.71. The van der Waals surface area contributed by atoms with Gasteiger partial charge < -0.3 is 5.11 Å². The highest BCUT2D eigenvalue weighted by atomic mass is 16.3. The van der Waals surface area contributed by atoms with E-state index < -0.39 is 0 Å². The minimum Gasteiger partial charge on any atom is -0.393 e. The van der Waals surface area contributed by atoms with Gasteiger partial charge in [0.15, 0.2) is 0 Å². The van der Waals surface area contributed by atoms with Gasteiger partial charge in [0.05, 0.1) is 6.10 Å². The van der Waals surface area contributed by atoms with Crippen LogP contribution < -0.4 is 0 Å². The fraction of sp³-hybridized carbons (Fsp3) is 0.727. The van der Waals surface area contributed by atoms with Crippen LogP contribution in [0.15, 0.2) is 12.3 Å². The van der Waals surface area contributed by atoms with Crippen LogP contribution in [0, 0.1) is 5.41 Å². The van der Waals surface area contributed by atoms with Crippen LogP contribution >= 0.6 is 0 Å². The molecule has 1 saturated carbocycles. The molecule has 0 amide bonds. The molecule has 3 heteroatoms. The number of aliphatic hydroxyl groups excluding tert-OH is 1. The highest BCUT2D eigenvalue weighted by Gasteiger charge is 2.43. The van der Waals surface area contributed by atoms with Gasteiger partial charge in [0, 0.05) is 18.9 Å². The normalized spacial score (nSPS) is 20.8. The van der Waals surface area contributed by atoms with Crippen molar-refractivity contribution in [3.63, 3.8) is 0 Å². The molecule has 3 nitrogen and oxygen atoms in total. The Labute approximate surface area is 84.7 Å². The van der Waals surface area contributed by atoms with E-state index in [0.29, 0.717) is 0 Å². The zero-order valence-corrected chi connectivity index (χ0v) is 8.90. The van der Waals surface area contributed by atoms with Gasteiger partial charge in [0.1, 0.15) is 0 Å². The summed E-state index contributed by atoms with van der Waals surface area (Å²) in [6, 6.07) is 2.02. The molecule has 0 bridgehead atoms. The van der Waals surface area contributed by atoms with Crippen LogP contribution in [0.4, 0.5) is 0 Å². The maximum absolute atomic E-state index is 9.91. The zero-order valence-electron chi connectivity index (χ0n) is 8.90. The SMILES string of the molecule is Cn1nccc1CCC(O)C1(C)CC1. The Morgan fingerprint density at radius 3 is 2.86 bits per heavy atom. The smallest absolute Gasteiger partial charge is 0.0597 e.